The molecule has 31 heavy (non-hydrogen) atoms. The lowest BCUT2D eigenvalue weighted by Crippen LogP contribution is -2.29. The highest BCUT2D eigenvalue weighted by Crippen LogP contribution is 2.41. The molecular formula is C23H21ClN4O3. The zero-order chi connectivity index (χ0) is 22.3. The SMILES string of the molecule is Cc1nn(C)c(C)c1/C(O)=C1\C(=O)C(=O)N(Cc2cccnc2)[C@H]1c1ccc(Cl)cc1. The number of likely N-dealkylation sites (tertiary alicyclic amines) is 1. The fraction of sp³-hybridized carbons (Fsp3) is 0.217. The molecule has 0 bridgehead atoms. The van der Waals surface area contributed by atoms with E-state index in [1.54, 1.807) is 68.3 Å². The standard InChI is InChI=1S/C23H21ClN4O3/c1-13-18(14(2)27(3)26-13)21(29)19-20(16-6-8-17(24)9-7-16)28(23(31)22(19)30)12-15-5-4-10-25-11-15/h4-11,20,29H,12H2,1-3H3/b21-19+/t20-/m0/s1. The molecule has 3 aromatic rings. The molecule has 1 amide bonds. The van der Waals surface area contributed by atoms with Crippen LogP contribution in [-0.2, 0) is 23.2 Å². The first-order chi connectivity index (χ1) is 14.8. The summed E-state index contributed by atoms with van der Waals surface area (Å²) in [4.78, 5) is 31.7. The summed E-state index contributed by atoms with van der Waals surface area (Å²) in [6.45, 7) is 3.73. The Hall–Kier alpha value is -3.45. The summed E-state index contributed by atoms with van der Waals surface area (Å²) in [5.41, 5.74) is 3.22. The van der Waals surface area contributed by atoms with Gasteiger partial charge < -0.3 is 10.0 Å². The van der Waals surface area contributed by atoms with Crippen molar-refractivity contribution in [2.24, 2.45) is 7.05 Å². The van der Waals surface area contributed by atoms with Gasteiger partial charge in [0, 0.05) is 36.7 Å². The minimum absolute atomic E-state index is 0.0374. The van der Waals surface area contributed by atoms with E-state index in [1.807, 2.05) is 6.07 Å². The first-order valence-electron chi connectivity index (χ1n) is 9.73. The summed E-state index contributed by atoms with van der Waals surface area (Å²) >= 11 is 6.05. The lowest BCUT2D eigenvalue weighted by Gasteiger charge is -2.25. The second-order valence-corrected chi connectivity index (χ2v) is 7.95. The van der Waals surface area contributed by atoms with Gasteiger partial charge in [-0.1, -0.05) is 29.8 Å². The molecule has 3 heterocycles. The van der Waals surface area contributed by atoms with Crippen LogP contribution >= 0.6 is 11.6 Å². The van der Waals surface area contributed by atoms with Crippen molar-refractivity contribution < 1.29 is 14.7 Å². The summed E-state index contributed by atoms with van der Waals surface area (Å²) in [6.07, 6.45) is 3.29. The van der Waals surface area contributed by atoms with Crippen LogP contribution in [-0.4, -0.2) is 36.5 Å². The molecule has 2 aromatic heterocycles. The van der Waals surface area contributed by atoms with Crippen LogP contribution in [0.3, 0.4) is 0 Å². The van der Waals surface area contributed by atoms with Crippen LogP contribution in [0.1, 0.15) is 34.1 Å². The van der Waals surface area contributed by atoms with Crippen LogP contribution in [0.5, 0.6) is 0 Å². The number of aryl methyl sites for hydroxylation is 2. The Morgan fingerprint density at radius 1 is 1.16 bits per heavy atom. The molecule has 1 N–H and O–H groups in total. The number of carbonyl (C=O) groups is 2. The summed E-state index contributed by atoms with van der Waals surface area (Å²) < 4.78 is 1.63. The van der Waals surface area contributed by atoms with E-state index < -0.39 is 17.7 Å². The van der Waals surface area contributed by atoms with Crippen molar-refractivity contribution in [1.82, 2.24) is 19.7 Å². The van der Waals surface area contributed by atoms with Crippen LogP contribution < -0.4 is 0 Å². The van der Waals surface area contributed by atoms with Gasteiger partial charge in [0.2, 0.25) is 0 Å². The van der Waals surface area contributed by atoms with E-state index in [0.717, 1.165) is 5.56 Å². The zero-order valence-corrected chi connectivity index (χ0v) is 18.1. The molecule has 0 saturated carbocycles. The molecule has 7 nitrogen and oxygen atoms in total. The van der Waals surface area contributed by atoms with Crippen molar-refractivity contribution in [2.45, 2.75) is 26.4 Å². The number of nitrogens with zero attached hydrogens (tertiary/aromatic N) is 4. The number of pyridine rings is 1. The van der Waals surface area contributed by atoms with Crippen LogP contribution in [0.4, 0.5) is 0 Å². The third-order valence-corrected chi connectivity index (χ3v) is 5.80. The molecule has 8 heteroatoms. The highest BCUT2D eigenvalue weighted by molar-refractivity contribution is 6.46. The number of hydrogen-bond acceptors (Lipinski definition) is 5. The summed E-state index contributed by atoms with van der Waals surface area (Å²) in [7, 11) is 1.76. The zero-order valence-electron chi connectivity index (χ0n) is 17.3. The molecule has 1 aliphatic rings. The van der Waals surface area contributed by atoms with Gasteiger partial charge in [0.15, 0.2) is 0 Å². The maximum absolute atomic E-state index is 13.1. The summed E-state index contributed by atoms with van der Waals surface area (Å²) in [6, 6.07) is 9.74. The minimum Gasteiger partial charge on any atom is -0.507 e. The normalized spacial score (nSPS) is 18.1. The van der Waals surface area contributed by atoms with Gasteiger partial charge in [-0.15, -0.1) is 0 Å². The average molecular weight is 437 g/mol. The lowest BCUT2D eigenvalue weighted by atomic mass is 9.94. The molecule has 0 spiro atoms. The van der Waals surface area contributed by atoms with Gasteiger partial charge in [-0.05, 0) is 43.2 Å². The van der Waals surface area contributed by atoms with E-state index >= 15 is 0 Å². The molecule has 0 radical (unpaired) electrons. The van der Waals surface area contributed by atoms with Crippen molar-refractivity contribution in [1.29, 1.82) is 0 Å². The van der Waals surface area contributed by atoms with Crippen LogP contribution in [0.2, 0.25) is 5.02 Å². The molecule has 1 saturated heterocycles. The van der Waals surface area contributed by atoms with E-state index in [-0.39, 0.29) is 17.9 Å². The third-order valence-electron chi connectivity index (χ3n) is 5.55. The maximum atomic E-state index is 13.1. The molecule has 1 aromatic carbocycles. The van der Waals surface area contributed by atoms with Crippen LogP contribution in [0.25, 0.3) is 5.76 Å². The van der Waals surface area contributed by atoms with Crippen molar-refractivity contribution >= 4 is 29.1 Å². The Morgan fingerprint density at radius 3 is 2.45 bits per heavy atom. The number of hydrogen-bond donors (Lipinski definition) is 1. The Morgan fingerprint density at radius 2 is 1.87 bits per heavy atom. The predicted molar refractivity (Wildman–Crippen MR) is 116 cm³/mol. The number of carbonyl (C=O) groups excluding carboxylic acids is 2. The van der Waals surface area contributed by atoms with Crippen molar-refractivity contribution in [3.8, 4) is 0 Å². The number of aliphatic hydroxyl groups is 1. The van der Waals surface area contributed by atoms with Gasteiger partial charge >= 0.3 is 0 Å². The van der Waals surface area contributed by atoms with E-state index in [2.05, 4.69) is 10.1 Å². The van der Waals surface area contributed by atoms with E-state index in [1.165, 1.54) is 4.90 Å². The maximum Gasteiger partial charge on any atom is 0.295 e. The minimum atomic E-state index is -0.767. The Labute approximate surface area is 184 Å². The number of ketones is 1. The van der Waals surface area contributed by atoms with Gasteiger partial charge in [-0.3, -0.25) is 19.3 Å². The Balaban J connectivity index is 1.91. The first kappa shape index (κ1) is 20.8. The van der Waals surface area contributed by atoms with Gasteiger partial charge in [0.1, 0.15) is 5.76 Å². The fourth-order valence-corrected chi connectivity index (χ4v) is 4.10. The van der Waals surface area contributed by atoms with E-state index in [4.69, 9.17) is 11.6 Å². The monoisotopic (exact) mass is 436 g/mol. The summed E-state index contributed by atoms with van der Waals surface area (Å²) in [5, 5.41) is 16.1. The van der Waals surface area contributed by atoms with Crippen molar-refractivity contribution in [2.75, 3.05) is 0 Å². The molecule has 1 fully saturated rings. The van der Waals surface area contributed by atoms with Crippen molar-refractivity contribution in [3.63, 3.8) is 0 Å². The average Bonchev–Trinajstić information content (AvgIpc) is 3.15. The van der Waals surface area contributed by atoms with E-state index in [9.17, 15) is 14.7 Å². The van der Waals surface area contributed by atoms with Gasteiger partial charge in [-0.2, -0.15) is 5.10 Å². The van der Waals surface area contributed by atoms with Crippen molar-refractivity contribution in [3.05, 3.63) is 87.5 Å². The molecule has 158 valence electrons. The second-order valence-electron chi connectivity index (χ2n) is 7.51. The Bertz CT molecular complexity index is 1200. The summed E-state index contributed by atoms with van der Waals surface area (Å²) in [5.74, 6) is -1.64. The van der Waals surface area contributed by atoms with Gasteiger partial charge in [0.25, 0.3) is 11.7 Å². The highest BCUT2D eigenvalue weighted by atomic mass is 35.5. The third kappa shape index (κ3) is 3.61. The highest BCUT2D eigenvalue weighted by Gasteiger charge is 2.46. The fourth-order valence-electron chi connectivity index (χ4n) is 3.97. The topological polar surface area (TPSA) is 88.3 Å². The predicted octanol–water partition coefficient (Wildman–Crippen LogP) is 3.71. The number of aromatic nitrogens is 3. The molecule has 0 unspecified atom stereocenters. The van der Waals surface area contributed by atoms with Gasteiger partial charge in [-0.25, -0.2) is 0 Å². The number of amides is 1. The molecule has 4 rings (SSSR count). The molecule has 1 atom stereocenters. The first-order valence-corrected chi connectivity index (χ1v) is 10.1. The molecule has 1 aliphatic heterocycles. The second kappa shape index (κ2) is 8.00. The molecular weight excluding hydrogens is 416 g/mol. The van der Waals surface area contributed by atoms with Crippen LogP contribution in [0, 0.1) is 13.8 Å². The van der Waals surface area contributed by atoms with Gasteiger partial charge in [0.05, 0.1) is 22.9 Å². The number of Topliss-reactive ketones (excluding diaryl/α,β-unsaturated/α-hetero) is 1. The van der Waals surface area contributed by atoms with E-state index in [0.29, 0.717) is 27.5 Å². The molecule has 0 aliphatic carbocycles. The number of halogens is 1. The lowest BCUT2D eigenvalue weighted by molar-refractivity contribution is -0.140. The quantitative estimate of drug-likeness (QED) is 0.382. The Kier molecular flexibility index (Phi) is 5.37. The number of benzene rings is 1. The largest absolute Gasteiger partial charge is 0.507 e. The van der Waals surface area contributed by atoms with Crippen LogP contribution in [0.15, 0.2) is 54.4 Å². The smallest absolute Gasteiger partial charge is 0.295 e. The number of rotatable bonds is 4. The number of aliphatic hydroxyl groups excluding tert-OH is 1.